The maximum absolute atomic E-state index is 14.0. The molecule has 170 valence electrons. The van der Waals surface area contributed by atoms with Gasteiger partial charge in [-0.1, -0.05) is 18.2 Å². The lowest BCUT2D eigenvalue weighted by Crippen LogP contribution is -2.24. The third kappa shape index (κ3) is 4.23. The highest BCUT2D eigenvalue weighted by Crippen LogP contribution is 2.34. The second-order valence-electron chi connectivity index (χ2n) is 7.47. The summed E-state index contributed by atoms with van der Waals surface area (Å²) in [5.41, 5.74) is -0.110. The molecule has 1 N–H and O–H groups in total. The van der Waals surface area contributed by atoms with Crippen LogP contribution in [0, 0.1) is 12.7 Å². The molecular formula is C23H17F4N3O3. The summed E-state index contributed by atoms with van der Waals surface area (Å²) in [6.07, 6.45) is -4.60. The van der Waals surface area contributed by atoms with Gasteiger partial charge in [0.15, 0.2) is 0 Å². The van der Waals surface area contributed by atoms with Crippen LogP contribution in [0.25, 0.3) is 22.2 Å². The van der Waals surface area contributed by atoms with Crippen LogP contribution in [0.2, 0.25) is 0 Å². The van der Waals surface area contributed by atoms with Crippen molar-refractivity contribution >= 4 is 16.9 Å². The summed E-state index contributed by atoms with van der Waals surface area (Å²) >= 11 is 0. The normalized spacial score (nSPS) is 11.8. The van der Waals surface area contributed by atoms with Gasteiger partial charge in [-0.3, -0.25) is 9.59 Å². The zero-order valence-corrected chi connectivity index (χ0v) is 17.2. The molecule has 4 aromatic rings. The molecule has 10 heteroatoms. The van der Waals surface area contributed by atoms with Crippen molar-refractivity contribution in [2.24, 2.45) is 0 Å². The number of alkyl halides is 3. The SMILES string of the molecule is Cc1c(-c2ccc(=O)n(Cc3ccccc3C(F)(F)F)n2)c2cc(F)ccc2n1CC(=O)O. The molecule has 0 radical (unpaired) electrons. The molecule has 0 unspecified atom stereocenters. The Labute approximate surface area is 184 Å². The van der Waals surface area contributed by atoms with E-state index in [2.05, 4.69) is 5.10 Å². The van der Waals surface area contributed by atoms with E-state index >= 15 is 0 Å². The number of benzene rings is 2. The van der Waals surface area contributed by atoms with Crippen LogP contribution in [-0.4, -0.2) is 25.4 Å². The van der Waals surface area contributed by atoms with Crippen molar-refractivity contribution in [1.29, 1.82) is 0 Å². The Morgan fingerprint density at radius 3 is 2.52 bits per heavy atom. The number of carboxylic acids is 1. The van der Waals surface area contributed by atoms with Crippen molar-refractivity contribution in [3.63, 3.8) is 0 Å². The molecule has 4 rings (SSSR count). The maximum atomic E-state index is 14.0. The molecule has 6 nitrogen and oxygen atoms in total. The first-order chi connectivity index (χ1) is 15.6. The molecule has 0 bridgehead atoms. The highest BCUT2D eigenvalue weighted by Gasteiger charge is 2.33. The maximum Gasteiger partial charge on any atom is 0.416 e. The number of hydrogen-bond acceptors (Lipinski definition) is 3. The number of hydrogen-bond donors (Lipinski definition) is 1. The molecule has 0 aliphatic rings. The van der Waals surface area contributed by atoms with Gasteiger partial charge in [-0.2, -0.15) is 18.3 Å². The number of aliphatic carboxylic acids is 1. The summed E-state index contributed by atoms with van der Waals surface area (Å²) < 4.78 is 56.5. The smallest absolute Gasteiger partial charge is 0.416 e. The number of aromatic nitrogens is 3. The van der Waals surface area contributed by atoms with Crippen LogP contribution in [0.15, 0.2) is 59.4 Å². The third-order valence-corrected chi connectivity index (χ3v) is 5.34. The molecule has 0 saturated heterocycles. The van der Waals surface area contributed by atoms with E-state index in [1.165, 1.54) is 47.0 Å². The Morgan fingerprint density at radius 1 is 1.09 bits per heavy atom. The zero-order chi connectivity index (χ0) is 23.9. The summed E-state index contributed by atoms with van der Waals surface area (Å²) in [7, 11) is 0. The zero-order valence-electron chi connectivity index (χ0n) is 17.2. The van der Waals surface area contributed by atoms with Gasteiger partial charge in [0, 0.05) is 28.2 Å². The summed E-state index contributed by atoms with van der Waals surface area (Å²) in [5, 5.41) is 13.9. The second kappa shape index (κ2) is 8.19. The van der Waals surface area contributed by atoms with Gasteiger partial charge >= 0.3 is 12.1 Å². The topological polar surface area (TPSA) is 77.1 Å². The van der Waals surface area contributed by atoms with Crippen LogP contribution in [0.4, 0.5) is 17.6 Å². The van der Waals surface area contributed by atoms with Crippen molar-refractivity contribution in [2.45, 2.75) is 26.2 Å². The Balaban J connectivity index is 1.88. The Kier molecular flexibility index (Phi) is 5.52. The summed E-state index contributed by atoms with van der Waals surface area (Å²) in [4.78, 5) is 23.7. The van der Waals surface area contributed by atoms with Gasteiger partial charge in [0.2, 0.25) is 0 Å². The molecule has 2 heterocycles. The van der Waals surface area contributed by atoms with Crippen molar-refractivity contribution in [3.8, 4) is 11.3 Å². The molecule has 0 spiro atoms. The lowest BCUT2D eigenvalue weighted by Gasteiger charge is -2.14. The predicted octanol–water partition coefficient (Wildman–Crippen LogP) is 4.46. The summed E-state index contributed by atoms with van der Waals surface area (Å²) in [5.74, 6) is -1.66. The quantitative estimate of drug-likeness (QED) is 0.447. The molecule has 0 aliphatic heterocycles. The van der Waals surface area contributed by atoms with E-state index in [4.69, 9.17) is 0 Å². The molecule has 0 amide bonds. The fourth-order valence-corrected chi connectivity index (χ4v) is 3.91. The summed E-state index contributed by atoms with van der Waals surface area (Å²) in [6.45, 7) is 0.822. The van der Waals surface area contributed by atoms with Crippen LogP contribution < -0.4 is 5.56 Å². The number of rotatable bonds is 5. The monoisotopic (exact) mass is 459 g/mol. The van der Waals surface area contributed by atoms with Crippen LogP contribution in [0.5, 0.6) is 0 Å². The van der Waals surface area contributed by atoms with Crippen LogP contribution in [0.1, 0.15) is 16.8 Å². The lowest BCUT2D eigenvalue weighted by atomic mass is 10.1. The molecule has 2 aromatic heterocycles. The van der Waals surface area contributed by atoms with E-state index in [1.54, 1.807) is 6.92 Å². The number of fused-ring (bicyclic) bond motifs is 1. The standard InChI is InChI=1S/C23H17F4N3O3/c1-13-22(16-10-15(24)6-8-19(16)29(13)12-21(32)33)18-7-9-20(31)30(28-18)11-14-4-2-3-5-17(14)23(25,26)27/h2-10H,11-12H2,1H3,(H,32,33). The van der Waals surface area contributed by atoms with Gasteiger partial charge in [0.05, 0.1) is 17.8 Å². The molecule has 33 heavy (non-hydrogen) atoms. The molecule has 0 fully saturated rings. The minimum atomic E-state index is -4.60. The highest BCUT2D eigenvalue weighted by atomic mass is 19.4. The number of carboxylic acid groups (broad SMARTS) is 1. The Morgan fingerprint density at radius 2 is 1.82 bits per heavy atom. The minimum Gasteiger partial charge on any atom is -0.480 e. The molecular weight excluding hydrogens is 442 g/mol. The summed E-state index contributed by atoms with van der Waals surface area (Å²) in [6, 6.07) is 11.3. The molecule has 0 atom stereocenters. The Hall–Kier alpha value is -3.95. The largest absolute Gasteiger partial charge is 0.480 e. The first-order valence-electron chi connectivity index (χ1n) is 9.80. The fourth-order valence-electron chi connectivity index (χ4n) is 3.91. The predicted molar refractivity (Wildman–Crippen MR) is 112 cm³/mol. The van der Waals surface area contributed by atoms with Gasteiger partial charge in [-0.05, 0) is 42.8 Å². The Bertz CT molecular complexity index is 1440. The molecule has 0 aliphatic carbocycles. The van der Waals surface area contributed by atoms with Gasteiger partial charge in [0.25, 0.3) is 5.56 Å². The first kappa shape index (κ1) is 22.3. The lowest BCUT2D eigenvalue weighted by molar-refractivity contribution is -0.138. The molecule has 0 saturated carbocycles. The van der Waals surface area contributed by atoms with Crippen molar-refractivity contribution in [1.82, 2.24) is 14.3 Å². The second-order valence-corrected chi connectivity index (χ2v) is 7.47. The van der Waals surface area contributed by atoms with E-state index in [0.29, 0.717) is 22.2 Å². The number of nitrogens with zero attached hydrogens (tertiary/aromatic N) is 3. The number of carbonyl (C=O) groups is 1. The van der Waals surface area contributed by atoms with Crippen LogP contribution in [0.3, 0.4) is 0 Å². The van der Waals surface area contributed by atoms with Gasteiger partial charge < -0.3 is 9.67 Å². The highest BCUT2D eigenvalue weighted by molar-refractivity contribution is 5.97. The van der Waals surface area contributed by atoms with Gasteiger partial charge in [-0.15, -0.1) is 0 Å². The van der Waals surface area contributed by atoms with E-state index < -0.39 is 35.6 Å². The van der Waals surface area contributed by atoms with E-state index in [1.807, 2.05) is 0 Å². The average Bonchev–Trinajstić information content (AvgIpc) is 2.99. The van der Waals surface area contributed by atoms with E-state index in [9.17, 15) is 32.3 Å². The fraction of sp³-hybridized carbons (Fsp3) is 0.174. The van der Waals surface area contributed by atoms with Crippen molar-refractivity contribution in [3.05, 3.63) is 87.6 Å². The van der Waals surface area contributed by atoms with Gasteiger partial charge in [-0.25, -0.2) is 9.07 Å². The molecule has 2 aromatic carbocycles. The third-order valence-electron chi connectivity index (χ3n) is 5.34. The van der Waals surface area contributed by atoms with Crippen molar-refractivity contribution in [2.75, 3.05) is 0 Å². The van der Waals surface area contributed by atoms with Crippen LogP contribution in [-0.2, 0) is 24.1 Å². The first-order valence-corrected chi connectivity index (χ1v) is 9.80. The average molecular weight is 459 g/mol. The van der Waals surface area contributed by atoms with E-state index in [-0.39, 0.29) is 17.8 Å². The van der Waals surface area contributed by atoms with Crippen molar-refractivity contribution < 1.29 is 27.5 Å². The van der Waals surface area contributed by atoms with Crippen LogP contribution >= 0.6 is 0 Å². The van der Waals surface area contributed by atoms with Gasteiger partial charge in [0.1, 0.15) is 12.4 Å². The van der Waals surface area contributed by atoms with E-state index in [0.717, 1.165) is 16.8 Å². The minimum absolute atomic E-state index is 0.132. The number of halogens is 4.